The van der Waals surface area contributed by atoms with Crippen LogP contribution in [0, 0.1) is 18.6 Å². The molecule has 0 amide bonds. The number of nitrogens with zero attached hydrogens (tertiary/aromatic N) is 4. The number of halogens is 2. The Kier molecular flexibility index (Phi) is 3.44. The second-order valence-electron chi connectivity index (χ2n) is 5.73. The largest absolute Gasteiger partial charge is 0.351 e. The van der Waals surface area contributed by atoms with Crippen molar-refractivity contribution in [3.05, 3.63) is 41.9 Å². The molecule has 2 aromatic heterocycles. The van der Waals surface area contributed by atoms with E-state index in [0.717, 1.165) is 12.8 Å². The summed E-state index contributed by atoms with van der Waals surface area (Å²) in [7, 11) is 0. The van der Waals surface area contributed by atoms with Crippen LogP contribution < -0.4 is 10.6 Å². The summed E-state index contributed by atoms with van der Waals surface area (Å²) < 4.78 is 27.6. The fourth-order valence-electron chi connectivity index (χ4n) is 2.31. The van der Waals surface area contributed by atoms with Crippen LogP contribution in [-0.2, 0) is 0 Å². The van der Waals surface area contributed by atoms with Crippen molar-refractivity contribution in [3.63, 3.8) is 0 Å². The Balaban J connectivity index is 1.74. The lowest BCUT2D eigenvalue weighted by Gasteiger charge is -2.11. The van der Waals surface area contributed by atoms with Crippen molar-refractivity contribution in [3.8, 4) is 0 Å². The zero-order chi connectivity index (χ0) is 16.7. The first-order valence-electron chi connectivity index (χ1n) is 7.58. The second kappa shape index (κ2) is 5.63. The van der Waals surface area contributed by atoms with Gasteiger partial charge in [0.05, 0.1) is 11.9 Å². The highest BCUT2D eigenvalue weighted by Crippen LogP contribution is 2.27. The zero-order valence-electron chi connectivity index (χ0n) is 12.8. The summed E-state index contributed by atoms with van der Waals surface area (Å²) in [6.07, 6.45) is 5.12. The third kappa shape index (κ3) is 2.70. The van der Waals surface area contributed by atoms with E-state index in [1.54, 1.807) is 6.20 Å². The van der Waals surface area contributed by atoms with Gasteiger partial charge in [-0.25, -0.2) is 28.7 Å². The average molecular weight is 328 g/mol. The van der Waals surface area contributed by atoms with Crippen molar-refractivity contribution in [1.82, 2.24) is 19.9 Å². The molecule has 4 rings (SSSR count). The van der Waals surface area contributed by atoms with Crippen LogP contribution in [0.4, 0.5) is 26.2 Å². The van der Waals surface area contributed by atoms with Crippen LogP contribution in [0.1, 0.15) is 18.4 Å². The number of anilines is 3. The van der Waals surface area contributed by atoms with Crippen molar-refractivity contribution in [2.45, 2.75) is 25.8 Å². The monoisotopic (exact) mass is 328 g/mol. The summed E-state index contributed by atoms with van der Waals surface area (Å²) in [6.45, 7) is 1.38. The lowest BCUT2D eigenvalue weighted by molar-refractivity contribution is 0.571. The van der Waals surface area contributed by atoms with E-state index in [0.29, 0.717) is 28.8 Å². The summed E-state index contributed by atoms with van der Waals surface area (Å²) in [5.41, 5.74) is 1.08. The molecule has 3 aromatic rings. The van der Waals surface area contributed by atoms with Gasteiger partial charge in [0.2, 0.25) is 5.95 Å². The first-order chi connectivity index (χ1) is 11.6. The van der Waals surface area contributed by atoms with E-state index in [9.17, 15) is 8.78 Å². The molecular weight excluding hydrogens is 314 g/mol. The minimum atomic E-state index is -0.660. The maximum atomic E-state index is 14.2. The van der Waals surface area contributed by atoms with Crippen molar-refractivity contribution in [2.75, 3.05) is 10.6 Å². The summed E-state index contributed by atoms with van der Waals surface area (Å²) >= 11 is 0. The third-order valence-corrected chi connectivity index (χ3v) is 3.86. The van der Waals surface area contributed by atoms with E-state index in [2.05, 4.69) is 30.6 Å². The molecule has 0 bridgehead atoms. The van der Waals surface area contributed by atoms with Crippen LogP contribution in [0.25, 0.3) is 11.0 Å². The normalized spacial score (nSPS) is 14.0. The quantitative estimate of drug-likeness (QED) is 0.765. The number of nitrogens with one attached hydrogen (secondary N) is 2. The molecular formula is C16H14F2N6. The number of rotatable bonds is 4. The van der Waals surface area contributed by atoms with Gasteiger partial charge in [0.1, 0.15) is 23.2 Å². The van der Waals surface area contributed by atoms with Gasteiger partial charge < -0.3 is 10.6 Å². The molecule has 1 aliphatic rings. The molecule has 1 aliphatic carbocycles. The Bertz CT molecular complexity index is 926. The van der Waals surface area contributed by atoms with Gasteiger partial charge in [0.15, 0.2) is 11.6 Å². The van der Waals surface area contributed by atoms with Crippen LogP contribution in [-0.4, -0.2) is 26.0 Å². The molecule has 2 N–H and O–H groups in total. The average Bonchev–Trinajstić information content (AvgIpc) is 3.40. The summed E-state index contributed by atoms with van der Waals surface area (Å²) in [5.74, 6) is -0.430. The molecule has 0 unspecified atom stereocenters. The van der Waals surface area contributed by atoms with E-state index in [4.69, 9.17) is 0 Å². The zero-order valence-corrected chi connectivity index (χ0v) is 12.8. The maximum absolute atomic E-state index is 14.2. The molecule has 6 nitrogen and oxygen atoms in total. The lowest BCUT2D eigenvalue weighted by Crippen LogP contribution is -2.07. The van der Waals surface area contributed by atoms with E-state index in [1.807, 2.05) is 0 Å². The molecule has 1 saturated carbocycles. The predicted molar refractivity (Wildman–Crippen MR) is 86.2 cm³/mol. The van der Waals surface area contributed by atoms with Gasteiger partial charge in [-0.15, -0.1) is 0 Å². The molecule has 0 aliphatic heterocycles. The Labute approximate surface area is 136 Å². The van der Waals surface area contributed by atoms with Crippen molar-refractivity contribution in [2.24, 2.45) is 0 Å². The summed E-state index contributed by atoms with van der Waals surface area (Å²) in [6, 6.07) is 2.94. The van der Waals surface area contributed by atoms with Gasteiger partial charge in [-0.2, -0.15) is 0 Å². The molecule has 24 heavy (non-hydrogen) atoms. The highest BCUT2D eigenvalue weighted by atomic mass is 19.1. The molecule has 1 fully saturated rings. The maximum Gasteiger partial charge on any atom is 0.223 e. The van der Waals surface area contributed by atoms with Crippen molar-refractivity contribution >= 4 is 28.5 Å². The summed E-state index contributed by atoms with van der Waals surface area (Å²) in [5, 5.41) is 6.07. The second-order valence-corrected chi connectivity index (χ2v) is 5.73. The topological polar surface area (TPSA) is 75.6 Å². The van der Waals surface area contributed by atoms with E-state index in [-0.39, 0.29) is 11.3 Å². The van der Waals surface area contributed by atoms with Crippen molar-refractivity contribution in [1.29, 1.82) is 0 Å². The molecule has 8 heteroatoms. The smallest absolute Gasteiger partial charge is 0.223 e. The van der Waals surface area contributed by atoms with Crippen LogP contribution in [0.5, 0.6) is 0 Å². The summed E-state index contributed by atoms with van der Waals surface area (Å²) in [4.78, 5) is 16.9. The van der Waals surface area contributed by atoms with Crippen LogP contribution in [0.2, 0.25) is 0 Å². The van der Waals surface area contributed by atoms with E-state index < -0.39 is 11.6 Å². The number of aromatic nitrogens is 4. The van der Waals surface area contributed by atoms with E-state index in [1.165, 1.54) is 25.4 Å². The van der Waals surface area contributed by atoms with Gasteiger partial charge >= 0.3 is 0 Å². The molecule has 0 saturated heterocycles. The molecule has 2 heterocycles. The molecule has 0 spiro atoms. The number of hydrogen-bond donors (Lipinski definition) is 2. The fraction of sp³-hybridized carbons (Fsp3) is 0.250. The van der Waals surface area contributed by atoms with Crippen LogP contribution in [0.3, 0.4) is 0 Å². The third-order valence-electron chi connectivity index (χ3n) is 3.86. The molecule has 1 aromatic carbocycles. The van der Waals surface area contributed by atoms with Crippen LogP contribution >= 0.6 is 0 Å². The Morgan fingerprint density at radius 1 is 1.12 bits per heavy atom. The van der Waals surface area contributed by atoms with Crippen LogP contribution in [0.15, 0.2) is 24.7 Å². The lowest BCUT2D eigenvalue weighted by atomic mass is 10.2. The first-order valence-corrected chi connectivity index (χ1v) is 7.58. The van der Waals surface area contributed by atoms with Gasteiger partial charge in [0, 0.05) is 11.6 Å². The SMILES string of the molecule is Cc1c(F)ccc(Nc2ncnc3cnc(NC4CC4)nc23)c1F. The minimum Gasteiger partial charge on any atom is -0.351 e. The van der Waals surface area contributed by atoms with E-state index >= 15 is 0 Å². The fourth-order valence-corrected chi connectivity index (χ4v) is 2.31. The molecule has 0 radical (unpaired) electrons. The van der Waals surface area contributed by atoms with Gasteiger partial charge in [0.25, 0.3) is 0 Å². The highest BCUT2D eigenvalue weighted by molar-refractivity contribution is 5.87. The minimum absolute atomic E-state index is 0.0518. The van der Waals surface area contributed by atoms with Gasteiger partial charge in [-0.05, 0) is 31.9 Å². The predicted octanol–water partition coefficient (Wildman–Crippen LogP) is 3.32. The number of hydrogen-bond acceptors (Lipinski definition) is 6. The Morgan fingerprint density at radius 3 is 2.75 bits per heavy atom. The number of benzene rings is 1. The highest BCUT2D eigenvalue weighted by Gasteiger charge is 2.22. The molecule has 0 atom stereocenters. The van der Waals surface area contributed by atoms with Gasteiger partial charge in [-0.1, -0.05) is 0 Å². The Morgan fingerprint density at radius 2 is 1.96 bits per heavy atom. The van der Waals surface area contributed by atoms with Crippen molar-refractivity contribution < 1.29 is 8.78 Å². The van der Waals surface area contributed by atoms with Gasteiger partial charge in [-0.3, -0.25) is 0 Å². The number of fused-ring (bicyclic) bond motifs is 1. The molecule has 122 valence electrons. The Hall–Kier alpha value is -2.90. The standard InChI is InChI=1S/C16H14F2N6/c1-8-10(17)4-5-11(13(8)18)23-15-14-12(20-7-21-15)6-19-16(24-14)22-9-2-3-9/h4-7,9H,2-3H2,1H3,(H,19,22,24)(H,20,21,23). The first kappa shape index (κ1) is 14.7.